The number of carboxylic acids is 1. The summed E-state index contributed by atoms with van der Waals surface area (Å²) < 4.78 is 0. The van der Waals surface area contributed by atoms with E-state index in [-0.39, 0.29) is 29.8 Å². The maximum absolute atomic E-state index is 11.8. The minimum atomic E-state index is -0.886. The van der Waals surface area contributed by atoms with Gasteiger partial charge in [-0.25, -0.2) is 4.98 Å². The van der Waals surface area contributed by atoms with Crippen molar-refractivity contribution in [1.82, 2.24) is 9.88 Å². The third-order valence-corrected chi connectivity index (χ3v) is 2.81. The molecule has 2 rings (SSSR count). The molecule has 2 N–H and O–H groups in total. The molecule has 0 bridgehead atoms. The number of H-pyrrole nitrogens is 1. The maximum atomic E-state index is 11.8. The third kappa shape index (κ3) is 2.31. The summed E-state index contributed by atoms with van der Waals surface area (Å²) in [6.07, 6.45) is 0.0364. The van der Waals surface area contributed by atoms with Crippen molar-refractivity contribution >= 4 is 17.7 Å². The Labute approximate surface area is 101 Å². The highest BCUT2D eigenvalue weighted by Crippen LogP contribution is 2.22. The lowest BCUT2D eigenvalue weighted by atomic mass is 9.96. The normalized spacial score (nSPS) is 15.2. The van der Waals surface area contributed by atoms with Crippen LogP contribution in [0.1, 0.15) is 16.9 Å². The van der Waals surface area contributed by atoms with Gasteiger partial charge in [0, 0.05) is 25.1 Å². The molecule has 0 spiro atoms. The van der Waals surface area contributed by atoms with Crippen LogP contribution in [0.3, 0.4) is 0 Å². The van der Waals surface area contributed by atoms with E-state index < -0.39 is 10.9 Å². The Bertz CT molecular complexity index is 503. The Balaban J connectivity index is 1.93. The second kappa shape index (κ2) is 4.47. The van der Waals surface area contributed by atoms with Gasteiger partial charge in [0.05, 0.1) is 6.42 Å². The molecule has 8 nitrogen and oxygen atoms in total. The first-order valence-electron chi connectivity index (χ1n) is 5.32. The van der Waals surface area contributed by atoms with Crippen molar-refractivity contribution in [3.8, 4) is 0 Å². The SMILES string of the molecule is O=C(O)CC1CN(C(=O)c2ccc([N+](=O)[O-])[nH]2)C1. The molecule has 1 aliphatic heterocycles. The smallest absolute Gasteiger partial charge is 0.321 e. The lowest BCUT2D eigenvalue weighted by Gasteiger charge is -2.37. The topological polar surface area (TPSA) is 117 Å². The molecule has 1 aromatic rings. The van der Waals surface area contributed by atoms with Crippen LogP contribution in [-0.4, -0.2) is 44.9 Å². The first kappa shape index (κ1) is 12.1. The van der Waals surface area contributed by atoms with E-state index in [1.165, 1.54) is 17.0 Å². The summed E-state index contributed by atoms with van der Waals surface area (Å²) in [5, 5.41) is 19.0. The van der Waals surface area contributed by atoms with Gasteiger partial charge in [0.15, 0.2) is 5.69 Å². The lowest BCUT2D eigenvalue weighted by Crippen LogP contribution is -2.50. The highest BCUT2D eigenvalue weighted by molar-refractivity contribution is 5.93. The Morgan fingerprint density at radius 1 is 1.50 bits per heavy atom. The lowest BCUT2D eigenvalue weighted by molar-refractivity contribution is -0.389. The molecule has 18 heavy (non-hydrogen) atoms. The predicted octanol–water partition coefficient (Wildman–Crippen LogP) is 0.470. The van der Waals surface area contributed by atoms with Crippen LogP contribution in [0.25, 0.3) is 0 Å². The summed E-state index contributed by atoms with van der Waals surface area (Å²) in [5.74, 6) is -1.50. The molecule has 1 saturated heterocycles. The van der Waals surface area contributed by atoms with Crippen LogP contribution < -0.4 is 0 Å². The molecule has 96 valence electrons. The zero-order valence-corrected chi connectivity index (χ0v) is 9.33. The van der Waals surface area contributed by atoms with Crippen molar-refractivity contribution in [2.24, 2.45) is 5.92 Å². The van der Waals surface area contributed by atoms with Crippen LogP contribution in [0.4, 0.5) is 5.82 Å². The van der Waals surface area contributed by atoms with E-state index in [1.807, 2.05) is 0 Å². The molecule has 0 aromatic carbocycles. The van der Waals surface area contributed by atoms with Gasteiger partial charge in [-0.3, -0.25) is 9.59 Å². The van der Waals surface area contributed by atoms with Gasteiger partial charge >= 0.3 is 11.8 Å². The van der Waals surface area contributed by atoms with Crippen LogP contribution >= 0.6 is 0 Å². The number of aliphatic carboxylic acids is 1. The molecule has 1 fully saturated rings. The Hall–Kier alpha value is -2.38. The number of carbonyl (C=O) groups excluding carboxylic acids is 1. The van der Waals surface area contributed by atoms with Gasteiger partial charge in [0.1, 0.15) is 0 Å². The second-order valence-electron chi connectivity index (χ2n) is 4.19. The molecule has 1 aliphatic rings. The summed E-state index contributed by atoms with van der Waals surface area (Å²) >= 11 is 0. The van der Waals surface area contributed by atoms with Gasteiger partial charge in [-0.15, -0.1) is 0 Å². The van der Waals surface area contributed by atoms with Gasteiger partial charge < -0.3 is 20.1 Å². The molecule has 0 atom stereocenters. The Kier molecular flexibility index (Phi) is 3.00. The van der Waals surface area contributed by atoms with Gasteiger partial charge in [0.25, 0.3) is 5.91 Å². The molecule has 0 unspecified atom stereocenters. The van der Waals surface area contributed by atoms with Crippen molar-refractivity contribution < 1.29 is 19.6 Å². The number of likely N-dealkylation sites (tertiary alicyclic amines) is 1. The number of nitrogens with one attached hydrogen (secondary N) is 1. The van der Waals surface area contributed by atoms with Gasteiger partial charge in [-0.2, -0.15) is 0 Å². The molecule has 1 aromatic heterocycles. The fraction of sp³-hybridized carbons (Fsp3) is 0.400. The Morgan fingerprint density at radius 3 is 2.67 bits per heavy atom. The number of nitrogens with zero attached hydrogens (tertiary/aromatic N) is 2. The van der Waals surface area contributed by atoms with Gasteiger partial charge in [0.2, 0.25) is 0 Å². The highest BCUT2D eigenvalue weighted by Gasteiger charge is 2.34. The quantitative estimate of drug-likeness (QED) is 0.597. The minimum absolute atomic E-state index is 0.0311. The van der Waals surface area contributed by atoms with Crippen molar-refractivity contribution in [1.29, 1.82) is 0 Å². The fourth-order valence-electron chi connectivity index (χ4n) is 1.90. The number of rotatable bonds is 4. The molecule has 8 heteroatoms. The summed E-state index contributed by atoms with van der Waals surface area (Å²) in [6, 6.07) is 2.58. The molecule has 0 radical (unpaired) electrons. The van der Waals surface area contributed by atoms with E-state index in [0.717, 1.165) is 0 Å². The molecular weight excluding hydrogens is 242 g/mol. The van der Waals surface area contributed by atoms with E-state index in [0.29, 0.717) is 13.1 Å². The monoisotopic (exact) mass is 253 g/mol. The number of hydrogen-bond donors (Lipinski definition) is 2. The first-order valence-corrected chi connectivity index (χ1v) is 5.32. The fourth-order valence-corrected chi connectivity index (χ4v) is 1.90. The van der Waals surface area contributed by atoms with E-state index in [1.54, 1.807) is 0 Å². The summed E-state index contributed by atoms with van der Waals surface area (Å²) in [6.45, 7) is 0.746. The molecule has 0 aliphatic carbocycles. The zero-order valence-electron chi connectivity index (χ0n) is 9.33. The largest absolute Gasteiger partial charge is 0.481 e. The summed E-state index contributed by atoms with van der Waals surface area (Å²) in [4.78, 5) is 36.0. The van der Waals surface area contributed by atoms with E-state index in [4.69, 9.17) is 5.11 Å². The third-order valence-electron chi connectivity index (χ3n) is 2.81. The number of hydrogen-bond acceptors (Lipinski definition) is 4. The average Bonchev–Trinajstić information content (AvgIpc) is 2.70. The van der Waals surface area contributed by atoms with Crippen molar-refractivity contribution in [2.75, 3.05) is 13.1 Å². The molecule has 1 amide bonds. The van der Waals surface area contributed by atoms with Crippen molar-refractivity contribution in [2.45, 2.75) is 6.42 Å². The molecular formula is C10H11N3O5. The second-order valence-corrected chi connectivity index (χ2v) is 4.19. The number of aromatic nitrogens is 1. The number of amides is 1. The number of carboxylic acid groups (broad SMARTS) is 1. The predicted molar refractivity (Wildman–Crippen MR) is 59.1 cm³/mol. The number of nitro groups is 1. The number of aromatic amines is 1. The van der Waals surface area contributed by atoms with Crippen molar-refractivity contribution in [3.63, 3.8) is 0 Å². The Morgan fingerprint density at radius 2 is 2.17 bits per heavy atom. The van der Waals surface area contributed by atoms with Gasteiger partial charge in [-0.1, -0.05) is 0 Å². The molecule has 2 heterocycles. The maximum Gasteiger partial charge on any atom is 0.321 e. The van der Waals surface area contributed by atoms with Crippen LogP contribution in [-0.2, 0) is 4.79 Å². The standard InChI is InChI=1S/C10H11N3O5/c14-9(15)3-6-4-12(5-6)10(16)7-1-2-8(11-7)13(17)18/h1-2,6,11H,3-5H2,(H,14,15). The van der Waals surface area contributed by atoms with Crippen molar-refractivity contribution in [3.05, 3.63) is 27.9 Å². The minimum Gasteiger partial charge on any atom is -0.481 e. The summed E-state index contributed by atoms with van der Waals surface area (Å²) in [5.41, 5.74) is 0.149. The van der Waals surface area contributed by atoms with E-state index in [9.17, 15) is 19.7 Å². The van der Waals surface area contributed by atoms with Crippen LogP contribution in [0.2, 0.25) is 0 Å². The highest BCUT2D eigenvalue weighted by atomic mass is 16.6. The van der Waals surface area contributed by atoms with E-state index in [2.05, 4.69) is 4.98 Å². The van der Waals surface area contributed by atoms with Gasteiger partial charge in [-0.05, 0) is 11.0 Å². The average molecular weight is 253 g/mol. The number of carbonyl (C=O) groups is 2. The summed E-state index contributed by atoms with van der Waals surface area (Å²) in [7, 11) is 0. The van der Waals surface area contributed by atoms with E-state index >= 15 is 0 Å². The van der Waals surface area contributed by atoms with Crippen LogP contribution in [0.15, 0.2) is 12.1 Å². The first-order chi connectivity index (χ1) is 8.47. The zero-order chi connectivity index (χ0) is 13.3. The van der Waals surface area contributed by atoms with Crippen LogP contribution in [0.5, 0.6) is 0 Å². The van der Waals surface area contributed by atoms with Crippen LogP contribution in [0, 0.1) is 16.0 Å². The molecule has 0 saturated carbocycles.